The second-order valence-electron chi connectivity index (χ2n) is 6.05. The third-order valence-electron chi connectivity index (χ3n) is 4.17. The fraction of sp³-hybridized carbons (Fsp3) is 0.238. The number of aromatic carboxylic acids is 1. The molecule has 0 saturated carbocycles. The summed E-state index contributed by atoms with van der Waals surface area (Å²) in [4.78, 5) is 19.0. The first kappa shape index (κ1) is 19.1. The predicted molar refractivity (Wildman–Crippen MR) is 107 cm³/mol. The van der Waals surface area contributed by atoms with Crippen molar-refractivity contribution in [2.75, 3.05) is 19.7 Å². The molecule has 2 aromatic heterocycles. The van der Waals surface area contributed by atoms with Crippen LogP contribution in [0.3, 0.4) is 0 Å². The molecule has 3 rings (SSSR count). The predicted octanol–water partition coefficient (Wildman–Crippen LogP) is 4.41. The van der Waals surface area contributed by atoms with Crippen LogP contribution in [0.2, 0.25) is 0 Å². The minimum Gasteiger partial charge on any atom is -0.492 e. The number of aromatic nitrogens is 1. The average Bonchev–Trinajstić information content (AvgIpc) is 3.19. The number of likely N-dealkylation sites (N-methyl/N-ethyl adjacent to an activating group) is 1. The summed E-state index contributed by atoms with van der Waals surface area (Å²) >= 11 is 1.24. The number of benzene rings is 1. The lowest BCUT2D eigenvalue weighted by Gasteiger charge is -2.20. The van der Waals surface area contributed by atoms with E-state index in [1.54, 1.807) is 12.1 Å². The van der Waals surface area contributed by atoms with Crippen LogP contribution >= 0.6 is 11.3 Å². The molecule has 0 fully saturated rings. The van der Waals surface area contributed by atoms with Gasteiger partial charge in [0.05, 0.1) is 10.6 Å². The topological polar surface area (TPSA) is 62.7 Å². The van der Waals surface area contributed by atoms with Gasteiger partial charge in [0.2, 0.25) is 0 Å². The molecule has 1 aromatic carbocycles. The molecule has 0 aliphatic heterocycles. The second kappa shape index (κ2) is 9.30. The lowest BCUT2D eigenvalue weighted by molar-refractivity contribution is 0.0702. The van der Waals surface area contributed by atoms with Crippen molar-refractivity contribution in [3.05, 3.63) is 71.2 Å². The summed E-state index contributed by atoms with van der Waals surface area (Å²) in [5.74, 6) is -0.0181. The van der Waals surface area contributed by atoms with Crippen LogP contribution in [0.25, 0.3) is 10.6 Å². The molecule has 5 nitrogen and oxygen atoms in total. The van der Waals surface area contributed by atoms with E-state index in [1.807, 2.05) is 48.7 Å². The summed E-state index contributed by atoms with van der Waals surface area (Å²) in [6, 6.07) is 17.2. The molecule has 0 radical (unpaired) electrons. The van der Waals surface area contributed by atoms with Crippen LogP contribution in [-0.2, 0) is 6.54 Å². The number of ether oxygens (including phenoxy) is 1. The molecule has 3 aromatic rings. The molecule has 0 bridgehead atoms. The Hall–Kier alpha value is -2.70. The molecule has 140 valence electrons. The number of carboxylic acids is 1. The van der Waals surface area contributed by atoms with Crippen molar-refractivity contribution in [1.29, 1.82) is 0 Å². The minimum atomic E-state index is -0.904. The summed E-state index contributed by atoms with van der Waals surface area (Å²) in [5.41, 5.74) is 1.92. The van der Waals surface area contributed by atoms with Crippen molar-refractivity contribution in [1.82, 2.24) is 9.88 Å². The van der Waals surface area contributed by atoms with E-state index in [-0.39, 0.29) is 0 Å². The van der Waals surface area contributed by atoms with Crippen molar-refractivity contribution in [3.63, 3.8) is 0 Å². The smallest absolute Gasteiger partial charge is 0.345 e. The van der Waals surface area contributed by atoms with E-state index in [2.05, 4.69) is 16.8 Å². The van der Waals surface area contributed by atoms with Crippen LogP contribution in [0.15, 0.2) is 60.8 Å². The van der Waals surface area contributed by atoms with E-state index in [0.29, 0.717) is 11.5 Å². The zero-order valence-electron chi connectivity index (χ0n) is 15.2. The molecule has 1 N–H and O–H groups in total. The quantitative estimate of drug-likeness (QED) is 0.594. The monoisotopic (exact) mass is 382 g/mol. The fourth-order valence-electron chi connectivity index (χ4n) is 2.67. The van der Waals surface area contributed by atoms with E-state index in [1.165, 1.54) is 11.3 Å². The first-order chi connectivity index (χ1) is 13.2. The first-order valence-electron chi connectivity index (χ1n) is 8.84. The van der Waals surface area contributed by atoms with E-state index in [0.717, 1.165) is 41.5 Å². The standard InChI is InChI=1S/C21H22N2O3S/c1-2-23(12-13-26-17-6-4-3-5-7-17)15-16-8-9-18(22-14-16)19-10-11-20(27-19)21(24)25/h3-11,14H,2,12-13,15H2,1H3,(H,24,25). The maximum atomic E-state index is 11.0. The maximum Gasteiger partial charge on any atom is 0.345 e. The molecular formula is C21H22N2O3S. The molecule has 0 aliphatic carbocycles. The van der Waals surface area contributed by atoms with E-state index < -0.39 is 5.97 Å². The molecule has 0 atom stereocenters. The van der Waals surface area contributed by atoms with E-state index in [9.17, 15) is 4.79 Å². The highest BCUT2D eigenvalue weighted by Gasteiger charge is 2.10. The van der Waals surface area contributed by atoms with Gasteiger partial charge < -0.3 is 9.84 Å². The number of thiophene rings is 1. The van der Waals surface area contributed by atoms with Crippen LogP contribution in [0.5, 0.6) is 5.75 Å². The van der Waals surface area contributed by atoms with Crippen molar-refractivity contribution in [2.45, 2.75) is 13.5 Å². The van der Waals surface area contributed by atoms with E-state index >= 15 is 0 Å². The van der Waals surface area contributed by atoms with Gasteiger partial charge >= 0.3 is 5.97 Å². The molecule has 0 unspecified atom stereocenters. The Bertz CT molecular complexity index is 863. The highest BCUT2D eigenvalue weighted by atomic mass is 32.1. The number of nitrogens with zero attached hydrogens (tertiary/aromatic N) is 2. The molecular weight excluding hydrogens is 360 g/mol. The number of para-hydroxylation sites is 1. The summed E-state index contributed by atoms with van der Waals surface area (Å²) in [6.07, 6.45) is 1.86. The van der Waals surface area contributed by atoms with Gasteiger partial charge in [0.1, 0.15) is 17.2 Å². The van der Waals surface area contributed by atoms with Crippen molar-refractivity contribution >= 4 is 17.3 Å². The van der Waals surface area contributed by atoms with Gasteiger partial charge in [-0.1, -0.05) is 31.2 Å². The summed E-state index contributed by atoms with van der Waals surface area (Å²) in [6.45, 7) is 5.32. The van der Waals surface area contributed by atoms with Gasteiger partial charge in [-0.25, -0.2) is 4.79 Å². The zero-order chi connectivity index (χ0) is 19.1. The average molecular weight is 382 g/mol. The minimum absolute atomic E-state index is 0.325. The Labute approximate surface area is 162 Å². The Morgan fingerprint density at radius 3 is 2.59 bits per heavy atom. The van der Waals surface area contributed by atoms with Crippen LogP contribution < -0.4 is 4.74 Å². The SMILES string of the molecule is CCN(CCOc1ccccc1)Cc1ccc(-c2ccc(C(=O)O)s2)nc1. The number of pyridine rings is 1. The van der Waals surface area contributed by atoms with Gasteiger partial charge in [0.15, 0.2) is 0 Å². The number of hydrogen-bond donors (Lipinski definition) is 1. The number of carboxylic acid groups (broad SMARTS) is 1. The fourth-order valence-corrected chi connectivity index (χ4v) is 3.49. The Kier molecular flexibility index (Phi) is 6.57. The molecule has 0 amide bonds. The van der Waals surface area contributed by atoms with Crippen LogP contribution in [0, 0.1) is 0 Å². The molecule has 0 saturated heterocycles. The number of hydrogen-bond acceptors (Lipinski definition) is 5. The lowest BCUT2D eigenvalue weighted by atomic mass is 10.2. The highest BCUT2D eigenvalue weighted by molar-refractivity contribution is 7.17. The van der Waals surface area contributed by atoms with Gasteiger partial charge in [0.25, 0.3) is 0 Å². The molecule has 27 heavy (non-hydrogen) atoms. The summed E-state index contributed by atoms with van der Waals surface area (Å²) < 4.78 is 5.77. The molecule has 6 heteroatoms. The first-order valence-corrected chi connectivity index (χ1v) is 9.66. The third kappa shape index (κ3) is 5.39. The van der Waals surface area contributed by atoms with Crippen LogP contribution in [0.1, 0.15) is 22.2 Å². The molecule has 0 aliphatic rings. The Balaban J connectivity index is 1.54. The van der Waals surface area contributed by atoms with Crippen molar-refractivity contribution < 1.29 is 14.6 Å². The third-order valence-corrected chi connectivity index (χ3v) is 5.26. The lowest BCUT2D eigenvalue weighted by Crippen LogP contribution is -2.27. The van der Waals surface area contributed by atoms with Gasteiger partial charge in [-0.3, -0.25) is 9.88 Å². The Morgan fingerprint density at radius 2 is 1.96 bits per heavy atom. The van der Waals surface area contributed by atoms with Gasteiger partial charge in [0, 0.05) is 19.3 Å². The van der Waals surface area contributed by atoms with Crippen LogP contribution in [0.4, 0.5) is 0 Å². The number of rotatable bonds is 9. The van der Waals surface area contributed by atoms with Crippen LogP contribution in [-0.4, -0.2) is 40.7 Å². The van der Waals surface area contributed by atoms with Crippen molar-refractivity contribution in [3.8, 4) is 16.3 Å². The van der Waals surface area contributed by atoms with Crippen molar-refractivity contribution in [2.24, 2.45) is 0 Å². The highest BCUT2D eigenvalue weighted by Crippen LogP contribution is 2.26. The van der Waals surface area contributed by atoms with Gasteiger partial charge in [-0.05, 0) is 42.4 Å². The normalized spacial score (nSPS) is 10.9. The summed E-state index contributed by atoms with van der Waals surface area (Å²) in [7, 11) is 0. The largest absolute Gasteiger partial charge is 0.492 e. The zero-order valence-corrected chi connectivity index (χ0v) is 16.0. The van der Waals surface area contributed by atoms with Gasteiger partial charge in [-0.2, -0.15) is 0 Å². The molecule has 2 heterocycles. The maximum absolute atomic E-state index is 11.0. The Morgan fingerprint density at radius 1 is 1.15 bits per heavy atom. The number of carbonyl (C=O) groups is 1. The van der Waals surface area contributed by atoms with Gasteiger partial charge in [-0.15, -0.1) is 11.3 Å². The summed E-state index contributed by atoms with van der Waals surface area (Å²) in [5, 5.41) is 9.03. The molecule has 0 spiro atoms. The van der Waals surface area contributed by atoms with E-state index in [4.69, 9.17) is 9.84 Å². The second-order valence-corrected chi connectivity index (χ2v) is 7.13.